The van der Waals surface area contributed by atoms with Gasteiger partial charge in [0.15, 0.2) is 0 Å². The zero-order valence-corrected chi connectivity index (χ0v) is 14.6. The zero-order valence-electron chi connectivity index (χ0n) is 14.6. The first-order valence-corrected chi connectivity index (χ1v) is 9.09. The fraction of sp³-hybridized carbons (Fsp3) is 0.318. The third-order valence-corrected chi connectivity index (χ3v) is 5.29. The molecule has 1 aliphatic rings. The summed E-state index contributed by atoms with van der Waals surface area (Å²) in [6.45, 7) is 4.00. The van der Waals surface area contributed by atoms with Crippen LogP contribution in [0.2, 0.25) is 0 Å². The minimum atomic E-state index is 0.00633. The van der Waals surface area contributed by atoms with Gasteiger partial charge in [0.2, 0.25) is 0 Å². The SMILES string of the molecule is C[C@@H](C1CC1)N(Cc1ccccc1)Cc1cc2ccccc2c(=O)[nH]1. The molecule has 0 saturated heterocycles. The van der Waals surface area contributed by atoms with Crippen molar-refractivity contribution in [2.24, 2.45) is 5.92 Å². The standard InChI is InChI=1S/C22H24N2O/c1-16(18-11-12-18)24(14-17-7-3-2-4-8-17)15-20-13-19-9-5-6-10-21(19)22(25)23-20/h2-10,13,16,18H,11-12,14-15H2,1H3,(H,23,25)/t16-/m0/s1. The minimum absolute atomic E-state index is 0.00633. The maximum Gasteiger partial charge on any atom is 0.256 e. The predicted octanol–water partition coefficient (Wildman–Crippen LogP) is 4.33. The highest BCUT2D eigenvalue weighted by atomic mass is 16.1. The molecule has 1 N–H and O–H groups in total. The molecule has 2 aromatic carbocycles. The molecule has 0 spiro atoms. The second-order valence-electron chi connectivity index (χ2n) is 7.18. The summed E-state index contributed by atoms with van der Waals surface area (Å²) in [5.41, 5.74) is 2.32. The highest BCUT2D eigenvalue weighted by Gasteiger charge is 2.32. The largest absolute Gasteiger partial charge is 0.324 e. The Morgan fingerprint density at radius 2 is 1.76 bits per heavy atom. The lowest BCUT2D eigenvalue weighted by molar-refractivity contribution is 0.170. The average molecular weight is 332 g/mol. The van der Waals surface area contributed by atoms with Gasteiger partial charge in [-0.25, -0.2) is 0 Å². The number of H-pyrrole nitrogens is 1. The zero-order chi connectivity index (χ0) is 17.2. The van der Waals surface area contributed by atoms with Crippen LogP contribution in [0.25, 0.3) is 10.8 Å². The molecule has 1 fully saturated rings. The van der Waals surface area contributed by atoms with Crippen LogP contribution < -0.4 is 5.56 Å². The molecule has 4 rings (SSSR count). The van der Waals surface area contributed by atoms with Gasteiger partial charge in [-0.2, -0.15) is 0 Å². The van der Waals surface area contributed by atoms with Crippen molar-refractivity contribution in [3.05, 3.63) is 82.3 Å². The maximum absolute atomic E-state index is 12.4. The monoisotopic (exact) mass is 332 g/mol. The van der Waals surface area contributed by atoms with Crippen molar-refractivity contribution in [3.63, 3.8) is 0 Å². The Bertz CT molecular complexity index is 912. The molecule has 0 bridgehead atoms. The molecule has 0 unspecified atom stereocenters. The quantitative estimate of drug-likeness (QED) is 0.729. The van der Waals surface area contributed by atoms with Gasteiger partial charge in [0.05, 0.1) is 0 Å². The van der Waals surface area contributed by atoms with Crippen LogP contribution in [-0.2, 0) is 13.1 Å². The number of nitrogens with one attached hydrogen (secondary N) is 1. The Morgan fingerprint density at radius 3 is 2.52 bits per heavy atom. The molecule has 3 nitrogen and oxygen atoms in total. The Balaban J connectivity index is 1.62. The van der Waals surface area contributed by atoms with Gasteiger partial charge in [0, 0.05) is 30.2 Å². The lowest BCUT2D eigenvalue weighted by Gasteiger charge is -2.29. The van der Waals surface area contributed by atoms with E-state index in [9.17, 15) is 4.79 Å². The lowest BCUT2D eigenvalue weighted by Crippen LogP contribution is -2.34. The van der Waals surface area contributed by atoms with Crippen LogP contribution in [0.3, 0.4) is 0 Å². The number of pyridine rings is 1. The van der Waals surface area contributed by atoms with E-state index < -0.39 is 0 Å². The van der Waals surface area contributed by atoms with Gasteiger partial charge in [0.1, 0.15) is 0 Å². The topological polar surface area (TPSA) is 36.1 Å². The van der Waals surface area contributed by atoms with Crippen LogP contribution in [-0.4, -0.2) is 15.9 Å². The third-order valence-electron chi connectivity index (χ3n) is 5.29. The van der Waals surface area contributed by atoms with Crippen LogP contribution in [0, 0.1) is 5.92 Å². The summed E-state index contributed by atoms with van der Waals surface area (Å²) < 4.78 is 0. The van der Waals surface area contributed by atoms with E-state index in [1.807, 2.05) is 24.3 Å². The number of nitrogens with zero attached hydrogens (tertiary/aromatic N) is 1. The molecule has 0 amide bonds. The molecule has 25 heavy (non-hydrogen) atoms. The van der Waals surface area contributed by atoms with Crippen molar-refractivity contribution in [1.29, 1.82) is 0 Å². The predicted molar refractivity (Wildman–Crippen MR) is 102 cm³/mol. The molecule has 1 heterocycles. The van der Waals surface area contributed by atoms with Crippen LogP contribution in [0.15, 0.2) is 65.5 Å². The first-order chi connectivity index (χ1) is 12.2. The van der Waals surface area contributed by atoms with Crippen LogP contribution >= 0.6 is 0 Å². The van der Waals surface area contributed by atoms with Crippen LogP contribution in [0.5, 0.6) is 0 Å². The van der Waals surface area contributed by atoms with E-state index in [4.69, 9.17) is 0 Å². The van der Waals surface area contributed by atoms with Gasteiger partial charge in [-0.1, -0.05) is 48.5 Å². The fourth-order valence-corrected chi connectivity index (χ4v) is 3.61. The van der Waals surface area contributed by atoms with Crippen molar-refractivity contribution < 1.29 is 0 Å². The number of hydrogen-bond donors (Lipinski definition) is 1. The number of aromatic nitrogens is 1. The first kappa shape index (κ1) is 16.1. The van der Waals surface area contributed by atoms with Gasteiger partial charge in [-0.15, -0.1) is 0 Å². The van der Waals surface area contributed by atoms with Crippen molar-refractivity contribution in [3.8, 4) is 0 Å². The van der Waals surface area contributed by atoms with Crippen molar-refractivity contribution >= 4 is 10.8 Å². The number of rotatable bonds is 6. The number of benzene rings is 2. The molecule has 1 aromatic heterocycles. The van der Waals surface area contributed by atoms with Gasteiger partial charge >= 0.3 is 0 Å². The molecule has 1 atom stereocenters. The number of fused-ring (bicyclic) bond motifs is 1. The van der Waals surface area contributed by atoms with Crippen LogP contribution in [0.1, 0.15) is 31.0 Å². The molecule has 3 aromatic rings. The minimum Gasteiger partial charge on any atom is -0.324 e. The van der Waals surface area contributed by atoms with Gasteiger partial charge in [-0.05, 0) is 48.8 Å². The highest BCUT2D eigenvalue weighted by Crippen LogP contribution is 2.36. The molecule has 128 valence electrons. The van der Waals surface area contributed by atoms with E-state index in [1.165, 1.54) is 18.4 Å². The van der Waals surface area contributed by atoms with E-state index in [0.717, 1.165) is 35.5 Å². The molecule has 3 heteroatoms. The second-order valence-corrected chi connectivity index (χ2v) is 7.18. The van der Waals surface area contributed by atoms with E-state index in [-0.39, 0.29) is 5.56 Å². The molecular weight excluding hydrogens is 308 g/mol. The Morgan fingerprint density at radius 1 is 1.04 bits per heavy atom. The van der Waals surface area contributed by atoms with Gasteiger partial charge < -0.3 is 4.98 Å². The summed E-state index contributed by atoms with van der Waals surface area (Å²) in [6, 6.07) is 21.0. The molecule has 1 saturated carbocycles. The van der Waals surface area contributed by atoms with Gasteiger partial charge in [0.25, 0.3) is 5.56 Å². The third kappa shape index (κ3) is 3.67. The Labute approximate surface area is 148 Å². The summed E-state index contributed by atoms with van der Waals surface area (Å²) in [5, 5.41) is 1.77. The normalized spacial score (nSPS) is 15.6. The average Bonchev–Trinajstić information content (AvgIpc) is 3.47. The summed E-state index contributed by atoms with van der Waals surface area (Å²) in [5.74, 6) is 0.788. The fourth-order valence-electron chi connectivity index (χ4n) is 3.61. The van der Waals surface area contributed by atoms with E-state index in [0.29, 0.717) is 6.04 Å². The lowest BCUT2D eigenvalue weighted by atomic mass is 10.1. The molecular formula is C22H24N2O. The molecule has 0 aliphatic heterocycles. The summed E-state index contributed by atoms with van der Waals surface area (Å²) in [6.07, 6.45) is 2.64. The summed E-state index contributed by atoms with van der Waals surface area (Å²) in [4.78, 5) is 18.0. The second kappa shape index (κ2) is 6.85. The van der Waals surface area contributed by atoms with Crippen molar-refractivity contribution in [2.75, 3.05) is 0 Å². The summed E-state index contributed by atoms with van der Waals surface area (Å²) in [7, 11) is 0. The maximum atomic E-state index is 12.4. The van der Waals surface area contributed by atoms with Crippen molar-refractivity contribution in [1.82, 2.24) is 9.88 Å². The molecule has 0 radical (unpaired) electrons. The van der Waals surface area contributed by atoms with E-state index >= 15 is 0 Å². The van der Waals surface area contributed by atoms with Gasteiger partial charge in [-0.3, -0.25) is 9.69 Å². The van der Waals surface area contributed by atoms with Crippen LogP contribution in [0.4, 0.5) is 0 Å². The van der Waals surface area contributed by atoms with E-state index in [1.54, 1.807) is 0 Å². The highest BCUT2D eigenvalue weighted by molar-refractivity contribution is 5.81. The smallest absolute Gasteiger partial charge is 0.256 e. The number of aromatic amines is 1. The number of hydrogen-bond acceptors (Lipinski definition) is 2. The van der Waals surface area contributed by atoms with E-state index in [2.05, 4.69) is 53.2 Å². The first-order valence-electron chi connectivity index (χ1n) is 9.09. The summed E-state index contributed by atoms with van der Waals surface area (Å²) >= 11 is 0. The Kier molecular flexibility index (Phi) is 4.41. The Hall–Kier alpha value is -2.39. The molecule has 1 aliphatic carbocycles. The van der Waals surface area contributed by atoms with Crippen molar-refractivity contribution in [2.45, 2.75) is 38.9 Å².